The van der Waals surface area contributed by atoms with Gasteiger partial charge in [-0.3, -0.25) is 4.79 Å². The molecular formula is C13H26N2O2. The average Bonchev–Trinajstić information content (AvgIpc) is 2.14. The van der Waals surface area contributed by atoms with Gasteiger partial charge in [-0.15, -0.1) is 0 Å². The predicted octanol–water partition coefficient (Wildman–Crippen LogP) is 1.53. The molecule has 0 spiro atoms. The summed E-state index contributed by atoms with van der Waals surface area (Å²) in [6.45, 7) is 4.97. The Kier molecular flexibility index (Phi) is 5.40. The molecule has 4 nitrogen and oxygen atoms in total. The van der Waals surface area contributed by atoms with Crippen LogP contribution in [0.15, 0.2) is 0 Å². The summed E-state index contributed by atoms with van der Waals surface area (Å²) < 4.78 is 4.97. The molecule has 4 heteroatoms. The van der Waals surface area contributed by atoms with Crippen molar-refractivity contribution in [2.24, 2.45) is 5.73 Å². The van der Waals surface area contributed by atoms with Crippen LogP contribution in [0.4, 0.5) is 0 Å². The number of nitrogens with two attached hydrogens (primary N) is 1. The fourth-order valence-electron chi connectivity index (χ4n) is 2.10. The zero-order valence-electron chi connectivity index (χ0n) is 11.4. The third-order valence-corrected chi connectivity index (χ3v) is 3.65. The number of hydrogen-bond acceptors (Lipinski definition) is 4. The van der Waals surface area contributed by atoms with Crippen molar-refractivity contribution in [2.75, 3.05) is 20.2 Å². The maximum atomic E-state index is 11.6. The maximum Gasteiger partial charge on any atom is 0.325 e. The Morgan fingerprint density at radius 3 is 2.65 bits per heavy atom. The first kappa shape index (κ1) is 14.5. The van der Waals surface area contributed by atoms with Crippen molar-refractivity contribution < 1.29 is 9.53 Å². The smallest absolute Gasteiger partial charge is 0.325 e. The number of hydrogen-bond donors (Lipinski definition) is 1. The molecule has 1 unspecified atom stereocenters. The van der Waals surface area contributed by atoms with Crippen LogP contribution in [0.25, 0.3) is 0 Å². The van der Waals surface area contributed by atoms with Crippen molar-refractivity contribution in [3.63, 3.8) is 0 Å². The minimum Gasteiger partial charge on any atom is -0.465 e. The van der Waals surface area contributed by atoms with Gasteiger partial charge in [0.2, 0.25) is 0 Å². The van der Waals surface area contributed by atoms with E-state index in [1.807, 2.05) is 0 Å². The van der Waals surface area contributed by atoms with Crippen LogP contribution in [0.1, 0.15) is 46.0 Å². The van der Waals surface area contributed by atoms with Crippen molar-refractivity contribution in [2.45, 2.75) is 57.5 Å². The van der Waals surface area contributed by atoms with Gasteiger partial charge >= 0.3 is 5.97 Å². The van der Waals surface area contributed by atoms with Crippen molar-refractivity contribution in [1.82, 2.24) is 4.90 Å². The number of esters is 1. The van der Waals surface area contributed by atoms with Crippen LogP contribution >= 0.6 is 0 Å². The number of carbonyl (C=O) groups excluding carboxylic acids is 1. The highest BCUT2D eigenvalue weighted by Crippen LogP contribution is 2.24. The first-order chi connectivity index (χ1) is 7.97. The van der Waals surface area contributed by atoms with E-state index in [1.54, 1.807) is 13.8 Å². The van der Waals surface area contributed by atoms with E-state index in [-0.39, 0.29) is 5.97 Å². The molecule has 17 heavy (non-hydrogen) atoms. The zero-order chi connectivity index (χ0) is 12.9. The molecule has 0 saturated heterocycles. The first-order valence-electron chi connectivity index (χ1n) is 6.63. The topological polar surface area (TPSA) is 55.6 Å². The Labute approximate surface area is 104 Å². The summed E-state index contributed by atoms with van der Waals surface area (Å²) >= 11 is 0. The summed E-state index contributed by atoms with van der Waals surface area (Å²) in [5.41, 5.74) is 5.13. The summed E-state index contributed by atoms with van der Waals surface area (Å²) in [7, 11) is 2.15. The maximum absolute atomic E-state index is 11.6. The monoisotopic (exact) mass is 242 g/mol. The van der Waals surface area contributed by atoms with Gasteiger partial charge in [-0.2, -0.15) is 0 Å². The lowest BCUT2D eigenvalue weighted by Crippen LogP contribution is -2.47. The standard InChI is InChI=1S/C13H26N2O2/c1-4-17-12(16)13(2,14)9-6-10-15(3)11-7-5-8-11/h11H,4-10,14H2,1-3H3. The lowest BCUT2D eigenvalue weighted by atomic mass is 9.91. The van der Waals surface area contributed by atoms with Crippen LogP contribution in [-0.4, -0.2) is 42.6 Å². The van der Waals surface area contributed by atoms with Crippen LogP contribution < -0.4 is 5.73 Å². The van der Waals surface area contributed by atoms with E-state index in [9.17, 15) is 4.79 Å². The van der Waals surface area contributed by atoms with E-state index < -0.39 is 5.54 Å². The Hall–Kier alpha value is -0.610. The molecule has 1 rings (SSSR count). The number of carbonyl (C=O) groups is 1. The summed E-state index contributed by atoms with van der Waals surface area (Å²) in [5.74, 6) is -0.286. The molecular weight excluding hydrogens is 216 g/mol. The Bertz CT molecular complexity index is 250. The summed E-state index contributed by atoms with van der Waals surface area (Å²) in [5, 5.41) is 0. The van der Waals surface area contributed by atoms with E-state index >= 15 is 0 Å². The molecule has 0 aromatic rings. The largest absolute Gasteiger partial charge is 0.465 e. The second-order valence-electron chi connectivity index (χ2n) is 5.31. The molecule has 0 radical (unpaired) electrons. The fourth-order valence-corrected chi connectivity index (χ4v) is 2.10. The summed E-state index contributed by atoms with van der Waals surface area (Å²) in [6.07, 6.45) is 5.61. The molecule has 2 N–H and O–H groups in total. The molecule has 0 bridgehead atoms. The Morgan fingerprint density at radius 1 is 1.53 bits per heavy atom. The summed E-state index contributed by atoms with van der Waals surface area (Å²) in [4.78, 5) is 14.0. The molecule has 100 valence electrons. The Morgan fingerprint density at radius 2 is 2.18 bits per heavy atom. The lowest BCUT2D eigenvalue weighted by molar-refractivity contribution is -0.149. The molecule has 0 amide bonds. The van der Waals surface area contributed by atoms with E-state index in [2.05, 4.69) is 11.9 Å². The molecule has 0 aromatic carbocycles. The molecule has 1 aliphatic rings. The highest BCUT2D eigenvalue weighted by Gasteiger charge is 2.30. The van der Waals surface area contributed by atoms with Crippen LogP contribution in [-0.2, 0) is 9.53 Å². The zero-order valence-corrected chi connectivity index (χ0v) is 11.4. The van der Waals surface area contributed by atoms with E-state index in [4.69, 9.17) is 10.5 Å². The molecule has 0 heterocycles. The SMILES string of the molecule is CCOC(=O)C(C)(N)CCCN(C)C1CCC1. The van der Waals surface area contributed by atoms with Crippen LogP contribution in [0.5, 0.6) is 0 Å². The van der Waals surface area contributed by atoms with Gasteiger partial charge in [-0.1, -0.05) is 6.42 Å². The molecule has 0 aliphatic heterocycles. The first-order valence-corrected chi connectivity index (χ1v) is 6.63. The van der Waals surface area contributed by atoms with Gasteiger partial charge in [-0.05, 0) is 53.1 Å². The minimum atomic E-state index is -0.837. The normalized spacial score (nSPS) is 19.8. The van der Waals surface area contributed by atoms with Gasteiger partial charge in [0.05, 0.1) is 6.61 Å². The van der Waals surface area contributed by atoms with Gasteiger partial charge in [0.25, 0.3) is 0 Å². The van der Waals surface area contributed by atoms with E-state index in [0.29, 0.717) is 13.0 Å². The Balaban J connectivity index is 2.21. The third-order valence-electron chi connectivity index (χ3n) is 3.65. The van der Waals surface area contributed by atoms with Crippen LogP contribution in [0.2, 0.25) is 0 Å². The predicted molar refractivity (Wildman–Crippen MR) is 68.7 cm³/mol. The number of nitrogens with zero attached hydrogens (tertiary/aromatic N) is 1. The number of ether oxygens (including phenoxy) is 1. The molecule has 1 atom stereocenters. The van der Waals surface area contributed by atoms with Crippen LogP contribution in [0, 0.1) is 0 Å². The van der Waals surface area contributed by atoms with Gasteiger partial charge in [-0.25, -0.2) is 0 Å². The molecule has 1 fully saturated rings. The van der Waals surface area contributed by atoms with E-state index in [0.717, 1.165) is 19.0 Å². The molecule has 0 aromatic heterocycles. The third kappa shape index (κ3) is 4.28. The number of rotatable bonds is 7. The van der Waals surface area contributed by atoms with Crippen molar-refractivity contribution in [1.29, 1.82) is 0 Å². The van der Waals surface area contributed by atoms with Crippen LogP contribution in [0.3, 0.4) is 0 Å². The highest BCUT2D eigenvalue weighted by atomic mass is 16.5. The lowest BCUT2D eigenvalue weighted by Gasteiger charge is -2.35. The highest BCUT2D eigenvalue weighted by molar-refractivity contribution is 5.79. The van der Waals surface area contributed by atoms with Crippen molar-refractivity contribution in [3.05, 3.63) is 0 Å². The van der Waals surface area contributed by atoms with E-state index in [1.165, 1.54) is 19.3 Å². The quantitative estimate of drug-likeness (QED) is 0.688. The molecule has 1 saturated carbocycles. The van der Waals surface area contributed by atoms with Crippen molar-refractivity contribution >= 4 is 5.97 Å². The summed E-state index contributed by atoms with van der Waals surface area (Å²) in [6, 6.07) is 0.752. The van der Waals surface area contributed by atoms with Gasteiger partial charge in [0.15, 0.2) is 0 Å². The van der Waals surface area contributed by atoms with Gasteiger partial charge in [0, 0.05) is 6.04 Å². The molecule has 1 aliphatic carbocycles. The van der Waals surface area contributed by atoms with Gasteiger partial charge < -0.3 is 15.4 Å². The fraction of sp³-hybridized carbons (Fsp3) is 0.923. The van der Waals surface area contributed by atoms with Crippen molar-refractivity contribution in [3.8, 4) is 0 Å². The average molecular weight is 242 g/mol. The second kappa shape index (κ2) is 6.36. The minimum absolute atomic E-state index is 0.286. The van der Waals surface area contributed by atoms with Gasteiger partial charge in [0.1, 0.15) is 5.54 Å². The second-order valence-corrected chi connectivity index (χ2v) is 5.31.